The van der Waals surface area contributed by atoms with Crippen molar-refractivity contribution in [1.29, 1.82) is 10.7 Å². The molecule has 0 heterocycles. The molecule has 16 heavy (non-hydrogen) atoms. The van der Waals surface area contributed by atoms with Crippen LogP contribution < -0.4 is 5.73 Å². The van der Waals surface area contributed by atoms with E-state index in [9.17, 15) is 10.2 Å². The molecule has 5 N–H and O–H groups in total. The molecule has 84 valence electrons. The molecule has 0 aliphatic rings. The van der Waals surface area contributed by atoms with Crippen LogP contribution in [0.1, 0.15) is 23.7 Å². The second-order valence-electron chi connectivity index (χ2n) is 3.41. The average molecular weight is 219 g/mol. The molecule has 5 nitrogen and oxygen atoms in total. The number of benzene rings is 1. The summed E-state index contributed by atoms with van der Waals surface area (Å²) >= 11 is 0. The molecule has 0 fully saturated rings. The van der Waals surface area contributed by atoms with E-state index >= 15 is 0 Å². The van der Waals surface area contributed by atoms with Crippen molar-refractivity contribution < 1.29 is 10.2 Å². The van der Waals surface area contributed by atoms with E-state index in [4.69, 9.17) is 16.4 Å². The fourth-order valence-corrected chi connectivity index (χ4v) is 1.29. The van der Waals surface area contributed by atoms with Crippen LogP contribution in [0, 0.1) is 16.7 Å². The van der Waals surface area contributed by atoms with Gasteiger partial charge < -0.3 is 15.9 Å². The zero-order valence-electron chi connectivity index (χ0n) is 8.59. The Balaban J connectivity index is 2.82. The highest BCUT2D eigenvalue weighted by Crippen LogP contribution is 2.19. The van der Waals surface area contributed by atoms with Gasteiger partial charge in [0.15, 0.2) is 0 Å². The number of nitrogens with two attached hydrogens (primary N) is 1. The highest BCUT2D eigenvalue weighted by molar-refractivity contribution is 5.94. The van der Waals surface area contributed by atoms with E-state index in [0.717, 1.165) is 0 Å². The van der Waals surface area contributed by atoms with Crippen molar-refractivity contribution in [2.45, 2.75) is 18.6 Å². The zero-order valence-corrected chi connectivity index (χ0v) is 8.59. The maximum atomic E-state index is 9.66. The standard InChI is InChI=1S/C11H13N3O2/c12-6-5-9(15)10(16)7-1-3-8(4-2-7)11(13)14/h1-4,9-10,15-16H,5H2,(H3,13,14). The SMILES string of the molecule is N#CCC(O)C(O)c1ccc(C(=N)N)cc1. The van der Waals surface area contributed by atoms with E-state index in [1.807, 2.05) is 0 Å². The predicted molar refractivity (Wildman–Crippen MR) is 58.7 cm³/mol. The molecule has 1 aromatic rings. The van der Waals surface area contributed by atoms with E-state index in [2.05, 4.69) is 0 Å². The third-order valence-electron chi connectivity index (χ3n) is 2.23. The Morgan fingerprint density at radius 3 is 2.38 bits per heavy atom. The van der Waals surface area contributed by atoms with Crippen LogP contribution in [0.4, 0.5) is 0 Å². The first-order valence-electron chi connectivity index (χ1n) is 4.73. The minimum atomic E-state index is -1.10. The molecular formula is C11H13N3O2. The maximum absolute atomic E-state index is 9.66. The van der Waals surface area contributed by atoms with Crippen LogP contribution in [0.15, 0.2) is 24.3 Å². The summed E-state index contributed by atoms with van der Waals surface area (Å²) in [5, 5.41) is 34.6. The zero-order chi connectivity index (χ0) is 12.1. The van der Waals surface area contributed by atoms with Gasteiger partial charge in [0.25, 0.3) is 0 Å². The minimum Gasteiger partial charge on any atom is -0.389 e. The highest BCUT2D eigenvalue weighted by atomic mass is 16.3. The van der Waals surface area contributed by atoms with Crippen molar-refractivity contribution in [3.63, 3.8) is 0 Å². The summed E-state index contributed by atoms with van der Waals surface area (Å²) in [6.07, 6.45) is -2.33. The van der Waals surface area contributed by atoms with Gasteiger partial charge in [-0.1, -0.05) is 24.3 Å². The van der Waals surface area contributed by atoms with Crippen LogP contribution in [-0.4, -0.2) is 22.2 Å². The molecule has 2 unspecified atom stereocenters. The number of rotatable bonds is 4. The number of amidine groups is 1. The number of nitrogens with zero attached hydrogens (tertiary/aromatic N) is 1. The van der Waals surface area contributed by atoms with Crippen molar-refractivity contribution in [3.05, 3.63) is 35.4 Å². The van der Waals surface area contributed by atoms with Gasteiger partial charge >= 0.3 is 0 Å². The Morgan fingerprint density at radius 2 is 1.94 bits per heavy atom. The average Bonchev–Trinajstić information content (AvgIpc) is 2.28. The van der Waals surface area contributed by atoms with Gasteiger partial charge in [-0.05, 0) is 5.56 Å². The molecule has 0 saturated carbocycles. The number of nitrogen functional groups attached to an aromatic ring is 1. The Bertz CT molecular complexity index is 408. The van der Waals surface area contributed by atoms with Crippen LogP contribution in [0.25, 0.3) is 0 Å². The van der Waals surface area contributed by atoms with Crippen molar-refractivity contribution in [3.8, 4) is 6.07 Å². The Hall–Kier alpha value is -1.90. The van der Waals surface area contributed by atoms with E-state index < -0.39 is 12.2 Å². The quantitative estimate of drug-likeness (QED) is 0.430. The van der Waals surface area contributed by atoms with Crippen molar-refractivity contribution in [1.82, 2.24) is 0 Å². The molecule has 0 radical (unpaired) electrons. The smallest absolute Gasteiger partial charge is 0.122 e. The Labute approximate surface area is 93.3 Å². The van der Waals surface area contributed by atoms with Crippen LogP contribution in [0.5, 0.6) is 0 Å². The normalized spacial score (nSPS) is 13.8. The Kier molecular flexibility index (Phi) is 4.00. The summed E-state index contributed by atoms with van der Waals surface area (Å²) < 4.78 is 0. The number of aliphatic hydroxyl groups is 2. The molecule has 0 aromatic heterocycles. The van der Waals surface area contributed by atoms with Gasteiger partial charge in [0.05, 0.1) is 18.6 Å². The largest absolute Gasteiger partial charge is 0.389 e. The number of hydrogen-bond acceptors (Lipinski definition) is 4. The van der Waals surface area contributed by atoms with Gasteiger partial charge in [-0.3, -0.25) is 5.41 Å². The van der Waals surface area contributed by atoms with Crippen molar-refractivity contribution >= 4 is 5.84 Å². The molecule has 2 atom stereocenters. The molecule has 0 spiro atoms. The van der Waals surface area contributed by atoms with E-state index in [1.165, 1.54) is 0 Å². The molecule has 0 bridgehead atoms. The van der Waals surface area contributed by atoms with Gasteiger partial charge in [0.1, 0.15) is 11.9 Å². The highest BCUT2D eigenvalue weighted by Gasteiger charge is 2.17. The van der Waals surface area contributed by atoms with Gasteiger partial charge in [-0.2, -0.15) is 5.26 Å². The van der Waals surface area contributed by atoms with E-state index in [0.29, 0.717) is 11.1 Å². The number of hydrogen-bond donors (Lipinski definition) is 4. The summed E-state index contributed by atoms with van der Waals surface area (Å²) in [4.78, 5) is 0. The van der Waals surface area contributed by atoms with Crippen LogP contribution in [-0.2, 0) is 0 Å². The van der Waals surface area contributed by atoms with Gasteiger partial charge in [0.2, 0.25) is 0 Å². The lowest BCUT2D eigenvalue weighted by Crippen LogP contribution is -2.18. The molecule has 0 aliphatic carbocycles. The number of nitrogens with one attached hydrogen (secondary N) is 1. The van der Waals surface area contributed by atoms with Gasteiger partial charge in [-0.25, -0.2) is 0 Å². The van der Waals surface area contributed by atoms with Crippen LogP contribution in [0.3, 0.4) is 0 Å². The predicted octanol–water partition coefficient (Wildman–Crippen LogP) is 0.279. The van der Waals surface area contributed by atoms with Crippen molar-refractivity contribution in [2.75, 3.05) is 0 Å². The summed E-state index contributed by atoms with van der Waals surface area (Å²) in [5.74, 6) is -0.0568. The topological polar surface area (TPSA) is 114 Å². The summed E-state index contributed by atoms with van der Waals surface area (Å²) in [6.45, 7) is 0. The molecule has 0 aliphatic heterocycles. The third-order valence-corrected chi connectivity index (χ3v) is 2.23. The maximum Gasteiger partial charge on any atom is 0.122 e. The lowest BCUT2D eigenvalue weighted by Gasteiger charge is -2.15. The molecule has 0 amide bonds. The monoisotopic (exact) mass is 219 g/mol. The summed E-state index contributed by atoms with van der Waals surface area (Å²) in [5.41, 5.74) is 6.32. The van der Waals surface area contributed by atoms with Crippen LogP contribution >= 0.6 is 0 Å². The first-order valence-corrected chi connectivity index (χ1v) is 4.73. The molecule has 1 rings (SSSR count). The second-order valence-corrected chi connectivity index (χ2v) is 3.41. The molecule has 0 saturated heterocycles. The van der Waals surface area contributed by atoms with Crippen LogP contribution in [0.2, 0.25) is 0 Å². The first kappa shape index (κ1) is 12.2. The summed E-state index contributed by atoms with van der Waals surface area (Å²) in [6, 6.07) is 8.09. The first-order chi connectivity index (χ1) is 7.56. The van der Waals surface area contributed by atoms with Crippen molar-refractivity contribution in [2.24, 2.45) is 5.73 Å². The lowest BCUT2D eigenvalue weighted by molar-refractivity contribution is 0.0216. The molecule has 5 heteroatoms. The number of aliphatic hydroxyl groups excluding tert-OH is 2. The van der Waals surface area contributed by atoms with Gasteiger partial charge in [-0.15, -0.1) is 0 Å². The molecule has 1 aromatic carbocycles. The fourth-order valence-electron chi connectivity index (χ4n) is 1.29. The van der Waals surface area contributed by atoms with Gasteiger partial charge in [0, 0.05) is 5.56 Å². The minimum absolute atomic E-state index is 0.0568. The third kappa shape index (κ3) is 2.79. The second kappa shape index (κ2) is 5.26. The number of nitriles is 1. The fraction of sp³-hybridized carbons (Fsp3) is 0.273. The lowest BCUT2D eigenvalue weighted by atomic mass is 10.0. The van der Waals surface area contributed by atoms with E-state index in [-0.39, 0.29) is 12.3 Å². The Morgan fingerprint density at radius 1 is 1.38 bits per heavy atom. The molecular weight excluding hydrogens is 206 g/mol. The van der Waals surface area contributed by atoms with E-state index in [1.54, 1.807) is 30.3 Å². The summed E-state index contributed by atoms with van der Waals surface area (Å²) in [7, 11) is 0.